The van der Waals surface area contributed by atoms with Gasteiger partial charge in [0, 0.05) is 36.1 Å². The van der Waals surface area contributed by atoms with Crippen LogP contribution in [0, 0.1) is 6.92 Å². The maximum Gasteiger partial charge on any atom is 0.250 e. The second-order valence-electron chi connectivity index (χ2n) is 5.24. The molecule has 4 heteroatoms. The zero-order valence-electron chi connectivity index (χ0n) is 12.3. The van der Waals surface area contributed by atoms with Crippen LogP contribution in [0.2, 0.25) is 0 Å². The summed E-state index contributed by atoms with van der Waals surface area (Å²) in [7, 11) is 0. The molecule has 0 amide bonds. The molecule has 0 bridgehead atoms. The van der Waals surface area contributed by atoms with Gasteiger partial charge in [-0.25, -0.2) is 4.98 Å². The molecule has 0 spiro atoms. The number of rotatable bonds is 4. The molecular formula is C16H20N2O2. The van der Waals surface area contributed by atoms with Gasteiger partial charge in [0.1, 0.15) is 6.10 Å². The highest BCUT2D eigenvalue weighted by Gasteiger charge is 2.10. The summed E-state index contributed by atoms with van der Waals surface area (Å²) in [6.07, 6.45) is 3.47. The first-order valence-corrected chi connectivity index (χ1v) is 6.79. The maximum absolute atomic E-state index is 11.7. The van der Waals surface area contributed by atoms with E-state index in [9.17, 15) is 4.79 Å². The molecule has 20 heavy (non-hydrogen) atoms. The molecule has 0 aliphatic carbocycles. The Morgan fingerprint density at radius 1 is 1.15 bits per heavy atom. The maximum atomic E-state index is 11.7. The number of nitrogens with zero attached hydrogens (tertiary/aromatic N) is 2. The first-order chi connectivity index (χ1) is 9.47. The molecule has 2 aromatic rings. The lowest BCUT2D eigenvalue weighted by atomic mass is 10.2. The Bertz CT molecular complexity index is 630. The number of aryl methyl sites for hydroxylation is 1. The highest BCUT2D eigenvalue weighted by Crippen LogP contribution is 2.19. The second-order valence-corrected chi connectivity index (χ2v) is 5.24. The monoisotopic (exact) mass is 272 g/mol. The summed E-state index contributed by atoms with van der Waals surface area (Å²) in [5.74, 6) is 0.588. The summed E-state index contributed by atoms with van der Waals surface area (Å²) >= 11 is 0. The van der Waals surface area contributed by atoms with Gasteiger partial charge >= 0.3 is 0 Å². The molecule has 0 radical (unpaired) electrons. The van der Waals surface area contributed by atoms with Gasteiger partial charge in [0.15, 0.2) is 0 Å². The van der Waals surface area contributed by atoms with E-state index in [-0.39, 0.29) is 17.7 Å². The molecule has 1 unspecified atom stereocenters. The Balaban J connectivity index is 2.20. The summed E-state index contributed by atoms with van der Waals surface area (Å²) in [5.41, 5.74) is 2.06. The van der Waals surface area contributed by atoms with E-state index in [2.05, 4.69) is 4.98 Å². The molecule has 0 aliphatic rings. The predicted octanol–water partition coefficient (Wildman–Crippen LogP) is 3.27. The van der Waals surface area contributed by atoms with Gasteiger partial charge in [-0.05, 0) is 39.3 Å². The Labute approximate surface area is 119 Å². The fraction of sp³-hybridized carbons (Fsp3) is 0.375. The standard InChI is InChI=1S/C16H20N2O2/c1-11(2)18-10-14(6-8-16(18)19)13(4)20-15-7-5-12(3)9-17-15/h5-11,13H,1-4H3. The minimum absolute atomic E-state index is 0.00408. The molecular weight excluding hydrogens is 252 g/mol. The van der Waals surface area contributed by atoms with Gasteiger partial charge in [0.2, 0.25) is 5.88 Å². The third-order valence-electron chi connectivity index (χ3n) is 3.17. The van der Waals surface area contributed by atoms with Crippen LogP contribution < -0.4 is 10.3 Å². The Morgan fingerprint density at radius 2 is 1.90 bits per heavy atom. The molecule has 0 aromatic carbocycles. The highest BCUT2D eigenvalue weighted by molar-refractivity contribution is 5.19. The van der Waals surface area contributed by atoms with E-state index in [1.165, 1.54) is 0 Å². The van der Waals surface area contributed by atoms with Crippen molar-refractivity contribution in [2.24, 2.45) is 0 Å². The summed E-state index contributed by atoms with van der Waals surface area (Å²) in [4.78, 5) is 16.0. The van der Waals surface area contributed by atoms with Gasteiger partial charge in [0.05, 0.1) is 0 Å². The van der Waals surface area contributed by atoms with Crippen molar-refractivity contribution >= 4 is 0 Å². The van der Waals surface area contributed by atoms with Crippen LogP contribution in [0.25, 0.3) is 0 Å². The normalized spacial score (nSPS) is 12.4. The largest absolute Gasteiger partial charge is 0.470 e. The predicted molar refractivity (Wildman–Crippen MR) is 79.1 cm³/mol. The number of pyridine rings is 2. The lowest BCUT2D eigenvalue weighted by molar-refractivity contribution is 0.216. The van der Waals surface area contributed by atoms with Crippen LogP contribution >= 0.6 is 0 Å². The molecule has 106 valence electrons. The first kappa shape index (κ1) is 14.3. The molecule has 0 fully saturated rings. The molecule has 0 saturated carbocycles. The van der Waals surface area contributed by atoms with Crippen molar-refractivity contribution in [2.45, 2.75) is 39.8 Å². The fourth-order valence-corrected chi connectivity index (χ4v) is 1.94. The second kappa shape index (κ2) is 5.90. The third-order valence-corrected chi connectivity index (χ3v) is 3.17. The summed E-state index contributed by atoms with van der Waals surface area (Å²) in [6, 6.07) is 7.33. The van der Waals surface area contributed by atoms with E-state index in [1.807, 2.05) is 46.0 Å². The van der Waals surface area contributed by atoms with Crippen LogP contribution in [0.5, 0.6) is 5.88 Å². The summed E-state index contributed by atoms with van der Waals surface area (Å²) in [6.45, 7) is 7.90. The van der Waals surface area contributed by atoms with Crippen molar-refractivity contribution in [1.29, 1.82) is 0 Å². The van der Waals surface area contributed by atoms with Crippen molar-refractivity contribution in [3.63, 3.8) is 0 Å². The average molecular weight is 272 g/mol. The van der Waals surface area contributed by atoms with E-state index >= 15 is 0 Å². The van der Waals surface area contributed by atoms with Gasteiger partial charge in [-0.15, -0.1) is 0 Å². The van der Waals surface area contributed by atoms with E-state index in [0.29, 0.717) is 5.88 Å². The number of hydrogen-bond acceptors (Lipinski definition) is 3. The molecule has 0 N–H and O–H groups in total. The fourth-order valence-electron chi connectivity index (χ4n) is 1.94. The zero-order chi connectivity index (χ0) is 14.7. The van der Waals surface area contributed by atoms with Crippen LogP contribution in [0.15, 0.2) is 41.5 Å². The quantitative estimate of drug-likeness (QED) is 0.858. The van der Waals surface area contributed by atoms with E-state index in [4.69, 9.17) is 4.74 Å². The lowest BCUT2D eigenvalue weighted by Gasteiger charge is -2.17. The van der Waals surface area contributed by atoms with Crippen LogP contribution in [0.1, 0.15) is 44.0 Å². The third kappa shape index (κ3) is 3.26. The topological polar surface area (TPSA) is 44.1 Å². The van der Waals surface area contributed by atoms with Gasteiger partial charge in [-0.3, -0.25) is 4.79 Å². The van der Waals surface area contributed by atoms with E-state index in [0.717, 1.165) is 11.1 Å². The molecule has 2 heterocycles. The van der Waals surface area contributed by atoms with Crippen molar-refractivity contribution in [3.05, 3.63) is 58.1 Å². The Hall–Kier alpha value is -2.10. The lowest BCUT2D eigenvalue weighted by Crippen LogP contribution is -2.21. The highest BCUT2D eigenvalue weighted by atomic mass is 16.5. The van der Waals surface area contributed by atoms with E-state index in [1.54, 1.807) is 22.9 Å². The van der Waals surface area contributed by atoms with Crippen LogP contribution in [0.3, 0.4) is 0 Å². The molecule has 2 rings (SSSR count). The van der Waals surface area contributed by atoms with Crippen molar-refractivity contribution < 1.29 is 4.74 Å². The van der Waals surface area contributed by atoms with Gasteiger partial charge in [-0.1, -0.05) is 6.07 Å². The van der Waals surface area contributed by atoms with Crippen LogP contribution in [-0.4, -0.2) is 9.55 Å². The van der Waals surface area contributed by atoms with Crippen molar-refractivity contribution in [3.8, 4) is 5.88 Å². The van der Waals surface area contributed by atoms with Gasteiger partial charge < -0.3 is 9.30 Å². The molecule has 4 nitrogen and oxygen atoms in total. The summed E-state index contributed by atoms with van der Waals surface area (Å²) < 4.78 is 7.51. The van der Waals surface area contributed by atoms with E-state index < -0.39 is 0 Å². The minimum Gasteiger partial charge on any atom is -0.470 e. The summed E-state index contributed by atoms with van der Waals surface area (Å²) in [5, 5.41) is 0. The molecule has 0 aliphatic heterocycles. The molecule has 1 atom stereocenters. The van der Waals surface area contributed by atoms with Crippen molar-refractivity contribution in [2.75, 3.05) is 0 Å². The average Bonchev–Trinajstić information content (AvgIpc) is 2.41. The zero-order valence-corrected chi connectivity index (χ0v) is 12.3. The Morgan fingerprint density at radius 3 is 2.50 bits per heavy atom. The first-order valence-electron chi connectivity index (χ1n) is 6.79. The van der Waals surface area contributed by atoms with Crippen LogP contribution in [-0.2, 0) is 0 Å². The minimum atomic E-state index is -0.157. The van der Waals surface area contributed by atoms with Crippen LogP contribution in [0.4, 0.5) is 0 Å². The molecule has 0 saturated heterocycles. The SMILES string of the molecule is Cc1ccc(OC(C)c2ccc(=O)n(C(C)C)c2)nc1. The molecule has 2 aromatic heterocycles. The Kier molecular flexibility index (Phi) is 4.23. The van der Waals surface area contributed by atoms with Gasteiger partial charge in [0.25, 0.3) is 5.56 Å². The van der Waals surface area contributed by atoms with Crippen molar-refractivity contribution in [1.82, 2.24) is 9.55 Å². The number of hydrogen-bond donors (Lipinski definition) is 0. The number of ether oxygens (including phenoxy) is 1. The number of aromatic nitrogens is 2. The van der Waals surface area contributed by atoms with Gasteiger partial charge in [-0.2, -0.15) is 0 Å². The smallest absolute Gasteiger partial charge is 0.250 e.